The molecule has 0 radical (unpaired) electrons. The number of nitrogens with one attached hydrogen (secondary N) is 2. The van der Waals surface area contributed by atoms with Crippen LogP contribution in [0.5, 0.6) is 0 Å². The lowest BCUT2D eigenvalue weighted by Gasteiger charge is -2.30. The van der Waals surface area contributed by atoms with Crippen LogP contribution < -0.4 is 10.0 Å². The number of piperidine rings is 1. The van der Waals surface area contributed by atoms with Gasteiger partial charge in [0.05, 0.1) is 10.8 Å². The molecule has 2 heterocycles. The number of hydrogen-bond donors (Lipinski definition) is 2. The van der Waals surface area contributed by atoms with Gasteiger partial charge in [-0.3, -0.25) is 9.52 Å². The van der Waals surface area contributed by atoms with Gasteiger partial charge in [0, 0.05) is 28.9 Å². The number of halogens is 1. The van der Waals surface area contributed by atoms with Gasteiger partial charge in [0.1, 0.15) is 4.21 Å². The first-order chi connectivity index (χ1) is 16.1. The van der Waals surface area contributed by atoms with Crippen LogP contribution in [0.15, 0.2) is 79.6 Å². The summed E-state index contributed by atoms with van der Waals surface area (Å²) in [5.74, 6) is -0.791. The molecule has 1 saturated heterocycles. The van der Waals surface area contributed by atoms with Crippen molar-refractivity contribution < 1.29 is 21.6 Å². The van der Waals surface area contributed by atoms with Crippen LogP contribution >= 0.6 is 27.3 Å². The molecular weight excluding hydrogens is 562 g/mol. The van der Waals surface area contributed by atoms with Gasteiger partial charge >= 0.3 is 0 Å². The third-order valence-electron chi connectivity index (χ3n) is 5.37. The van der Waals surface area contributed by atoms with Gasteiger partial charge in [-0.15, -0.1) is 11.3 Å². The molecule has 1 atom stereocenters. The third kappa shape index (κ3) is 5.69. The Kier molecular flexibility index (Phi) is 7.43. The summed E-state index contributed by atoms with van der Waals surface area (Å²) in [5.41, 5.74) is 0.866. The molecule has 0 saturated carbocycles. The Morgan fingerprint density at radius 2 is 1.65 bits per heavy atom. The SMILES string of the molecule is O=C(Nc1ccc(S(=O)(=O)Nc2ccc(Br)cc2)cc1)[C@H]1CCCN(S(=O)(=O)c2cccs2)C1. The molecule has 2 aromatic carbocycles. The molecule has 1 aliphatic heterocycles. The molecule has 0 spiro atoms. The minimum atomic E-state index is -3.79. The Balaban J connectivity index is 1.40. The third-order valence-corrected chi connectivity index (χ3v) is 10.5. The minimum Gasteiger partial charge on any atom is -0.326 e. The van der Waals surface area contributed by atoms with E-state index in [9.17, 15) is 21.6 Å². The Hall–Kier alpha value is -2.25. The maximum atomic E-state index is 12.8. The van der Waals surface area contributed by atoms with Crippen LogP contribution in [0.4, 0.5) is 11.4 Å². The molecular formula is C22H22BrN3O5S3. The first-order valence-corrected chi connectivity index (χ1v) is 15.0. The standard InChI is InChI=1S/C22H22BrN3O5S3/c23-17-5-7-19(8-6-17)25-33(28,29)20-11-9-18(10-12-20)24-22(27)16-3-1-13-26(15-16)34(30,31)21-4-2-14-32-21/h2,4-12,14,16,25H,1,3,13,15H2,(H,24,27)/t16-/m0/s1. The van der Waals surface area contributed by atoms with Crippen molar-refractivity contribution in [3.8, 4) is 0 Å². The van der Waals surface area contributed by atoms with E-state index in [-0.39, 0.29) is 21.6 Å². The minimum absolute atomic E-state index is 0.0549. The fraction of sp³-hybridized carbons (Fsp3) is 0.227. The quantitative estimate of drug-likeness (QED) is 0.429. The van der Waals surface area contributed by atoms with Gasteiger partial charge in [-0.25, -0.2) is 16.8 Å². The van der Waals surface area contributed by atoms with Crippen molar-refractivity contribution in [2.75, 3.05) is 23.1 Å². The van der Waals surface area contributed by atoms with E-state index < -0.39 is 26.0 Å². The van der Waals surface area contributed by atoms with E-state index in [4.69, 9.17) is 0 Å². The van der Waals surface area contributed by atoms with Gasteiger partial charge in [0.15, 0.2) is 0 Å². The lowest BCUT2D eigenvalue weighted by Crippen LogP contribution is -2.43. The van der Waals surface area contributed by atoms with Crippen LogP contribution in [0.2, 0.25) is 0 Å². The summed E-state index contributed by atoms with van der Waals surface area (Å²) in [6.45, 7) is 0.484. The van der Waals surface area contributed by atoms with Crippen LogP contribution in [0, 0.1) is 5.92 Å². The van der Waals surface area contributed by atoms with E-state index in [1.165, 1.54) is 28.6 Å². The normalized spacial score (nSPS) is 17.3. The molecule has 0 bridgehead atoms. The number of sulfonamides is 2. The predicted molar refractivity (Wildman–Crippen MR) is 136 cm³/mol. The molecule has 4 rings (SSSR count). The predicted octanol–water partition coefficient (Wildman–Crippen LogP) is 4.35. The first-order valence-electron chi connectivity index (χ1n) is 10.4. The van der Waals surface area contributed by atoms with Crippen molar-refractivity contribution in [2.24, 2.45) is 5.92 Å². The van der Waals surface area contributed by atoms with Crippen molar-refractivity contribution in [1.29, 1.82) is 0 Å². The Morgan fingerprint density at radius 1 is 0.971 bits per heavy atom. The number of hydrogen-bond acceptors (Lipinski definition) is 6. The zero-order valence-electron chi connectivity index (χ0n) is 17.8. The fourth-order valence-electron chi connectivity index (χ4n) is 3.61. The second-order valence-electron chi connectivity index (χ2n) is 7.76. The number of nitrogens with zero attached hydrogens (tertiary/aromatic N) is 1. The van der Waals surface area contributed by atoms with E-state index >= 15 is 0 Å². The molecule has 1 fully saturated rings. The van der Waals surface area contributed by atoms with E-state index in [0.29, 0.717) is 30.8 Å². The van der Waals surface area contributed by atoms with E-state index in [1.54, 1.807) is 41.8 Å². The Bertz CT molecular complexity index is 1360. The van der Waals surface area contributed by atoms with E-state index in [2.05, 4.69) is 26.0 Å². The van der Waals surface area contributed by atoms with E-state index in [1.807, 2.05) is 0 Å². The molecule has 1 aliphatic rings. The van der Waals surface area contributed by atoms with E-state index in [0.717, 1.165) is 15.8 Å². The molecule has 0 aliphatic carbocycles. The molecule has 1 amide bonds. The van der Waals surface area contributed by atoms with Gasteiger partial charge in [0.25, 0.3) is 20.0 Å². The Morgan fingerprint density at radius 3 is 2.29 bits per heavy atom. The number of benzene rings is 2. The highest BCUT2D eigenvalue weighted by Crippen LogP contribution is 2.27. The highest BCUT2D eigenvalue weighted by molar-refractivity contribution is 9.10. The van der Waals surface area contributed by atoms with Crippen LogP contribution in [0.25, 0.3) is 0 Å². The number of anilines is 2. The summed E-state index contributed by atoms with van der Waals surface area (Å²) < 4.78 is 55.8. The van der Waals surface area contributed by atoms with Crippen molar-refractivity contribution in [3.05, 3.63) is 70.5 Å². The maximum Gasteiger partial charge on any atom is 0.261 e. The largest absolute Gasteiger partial charge is 0.326 e. The highest BCUT2D eigenvalue weighted by atomic mass is 79.9. The maximum absolute atomic E-state index is 12.8. The first kappa shape index (κ1) is 24.9. The van der Waals surface area contributed by atoms with Crippen molar-refractivity contribution in [1.82, 2.24) is 4.31 Å². The topological polar surface area (TPSA) is 113 Å². The summed E-state index contributed by atoms with van der Waals surface area (Å²) in [6.07, 6.45) is 1.16. The zero-order valence-corrected chi connectivity index (χ0v) is 21.9. The lowest BCUT2D eigenvalue weighted by atomic mass is 9.99. The molecule has 180 valence electrons. The van der Waals surface area contributed by atoms with Crippen molar-refractivity contribution in [2.45, 2.75) is 21.9 Å². The fourth-order valence-corrected chi connectivity index (χ4v) is 7.60. The Labute approximate surface area is 211 Å². The van der Waals surface area contributed by atoms with Gasteiger partial charge in [-0.1, -0.05) is 22.0 Å². The average Bonchev–Trinajstić information content (AvgIpc) is 3.37. The molecule has 3 aromatic rings. The van der Waals surface area contributed by atoms with Crippen molar-refractivity contribution >= 4 is 64.6 Å². The molecule has 0 unspecified atom stereocenters. The molecule has 2 N–H and O–H groups in total. The second-order valence-corrected chi connectivity index (χ2v) is 13.5. The average molecular weight is 585 g/mol. The lowest BCUT2D eigenvalue weighted by molar-refractivity contribution is -0.120. The number of thiophene rings is 1. The number of carbonyl (C=O) groups is 1. The van der Waals surface area contributed by atoms with Gasteiger partial charge in [0.2, 0.25) is 5.91 Å². The highest BCUT2D eigenvalue weighted by Gasteiger charge is 2.33. The molecule has 8 nitrogen and oxygen atoms in total. The number of carbonyl (C=O) groups excluding carboxylic acids is 1. The molecule has 12 heteroatoms. The van der Waals surface area contributed by atoms with Gasteiger partial charge in [-0.05, 0) is 72.8 Å². The zero-order chi connectivity index (χ0) is 24.3. The van der Waals surface area contributed by atoms with Crippen LogP contribution in [-0.2, 0) is 24.8 Å². The summed E-state index contributed by atoms with van der Waals surface area (Å²) in [5, 5.41) is 4.48. The van der Waals surface area contributed by atoms with Crippen LogP contribution in [-0.4, -0.2) is 40.1 Å². The smallest absolute Gasteiger partial charge is 0.261 e. The summed E-state index contributed by atoms with van der Waals surface area (Å²) in [7, 11) is -7.40. The number of rotatable bonds is 7. The monoisotopic (exact) mass is 583 g/mol. The summed E-state index contributed by atoms with van der Waals surface area (Å²) in [4.78, 5) is 12.9. The number of amides is 1. The molecule has 34 heavy (non-hydrogen) atoms. The van der Waals surface area contributed by atoms with Crippen molar-refractivity contribution in [3.63, 3.8) is 0 Å². The van der Waals surface area contributed by atoms with Gasteiger partial charge < -0.3 is 5.32 Å². The summed E-state index contributed by atoms with van der Waals surface area (Å²) in [6, 6.07) is 15.8. The van der Waals surface area contributed by atoms with Gasteiger partial charge in [-0.2, -0.15) is 4.31 Å². The van der Waals surface area contributed by atoms with Crippen LogP contribution in [0.3, 0.4) is 0 Å². The second kappa shape index (κ2) is 10.2. The summed E-state index contributed by atoms with van der Waals surface area (Å²) >= 11 is 4.46. The molecule has 1 aromatic heterocycles. The van der Waals surface area contributed by atoms with Crippen LogP contribution in [0.1, 0.15) is 12.8 Å².